The summed E-state index contributed by atoms with van der Waals surface area (Å²) in [6.07, 6.45) is 5.63. The summed E-state index contributed by atoms with van der Waals surface area (Å²) in [6, 6.07) is 6.06. The standard InChI is InChI=1S/C22H18Cl2FN3O2/c23-13-6-12(7-14(24)8-13)21(29)27-17-2-1-3-18-20(17)30-22(28-18)15-9-19(11-4-5-11)26-10-16(15)25/h6-11,17H,1-5H2,(H,27,29)/t17-/m1/s1. The second kappa shape index (κ2) is 7.67. The lowest BCUT2D eigenvalue weighted by atomic mass is 9.96. The Kier molecular flexibility index (Phi) is 4.99. The lowest BCUT2D eigenvalue weighted by molar-refractivity contribution is 0.0927. The first-order valence-electron chi connectivity index (χ1n) is 9.90. The monoisotopic (exact) mass is 445 g/mol. The minimum Gasteiger partial charge on any atom is -0.439 e. The number of oxazole rings is 1. The van der Waals surface area contributed by atoms with Gasteiger partial charge < -0.3 is 9.73 Å². The van der Waals surface area contributed by atoms with Crippen LogP contribution in [0.25, 0.3) is 11.5 Å². The van der Waals surface area contributed by atoms with Crippen LogP contribution in [0.4, 0.5) is 4.39 Å². The fourth-order valence-electron chi connectivity index (χ4n) is 3.82. The van der Waals surface area contributed by atoms with Crippen LogP contribution >= 0.6 is 23.2 Å². The minimum absolute atomic E-state index is 0.230. The zero-order chi connectivity index (χ0) is 20.8. The number of carbonyl (C=O) groups excluding carboxylic acids is 1. The molecular weight excluding hydrogens is 428 g/mol. The Morgan fingerprint density at radius 2 is 1.90 bits per heavy atom. The quantitative estimate of drug-likeness (QED) is 0.545. The summed E-state index contributed by atoms with van der Waals surface area (Å²) in [7, 11) is 0. The normalized spacial score (nSPS) is 18.2. The maximum absolute atomic E-state index is 14.5. The number of rotatable bonds is 4. The molecule has 5 nitrogen and oxygen atoms in total. The average molecular weight is 446 g/mol. The van der Waals surface area contributed by atoms with Crippen molar-refractivity contribution in [2.45, 2.75) is 44.1 Å². The highest BCUT2D eigenvalue weighted by molar-refractivity contribution is 6.35. The molecule has 1 aromatic carbocycles. The van der Waals surface area contributed by atoms with Crippen molar-refractivity contribution in [1.29, 1.82) is 0 Å². The van der Waals surface area contributed by atoms with E-state index in [-0.39, 0.29) is 17.8 Å². The van der Waals surface area contributed by atoms with Gasteiger partial charge in [0.05, 0.1) is 23.5 Å². The van der Waals surface area contributed by atoms with Crippen LogP contribution < -0.4 is 5.32 Å². The van der Waals surface area contributed by atoms with Crippen molar-refractivity contribution in [3.05, 3.63) is 69.0 Å². The van der Waals surface area contributed by atoms with Crippen LogP contribution in [0.1, 0.15) is 65.1 Å². The highest BCUT2D eigenvalue weighted by Gasteiger charge is 2.31. The molecule has 2 aliphatic carbocycles. The van der Waals surface area contributed by atoms with E-state index >= 15 is 0 Å². The smallest absolute Gasteiger partial charge is 0.251 e. The van der Waals surface area contributed by atoms with Crippen LogP contribution in [0.2, 0.25) is 10.0 Å². The predicted molar refractivity (Wildman–Crippen MR) is 111 cm³/mol. The summed E-state index contributed by atoms with van der Waals surface area (Å²) in [4.78, 5) is 21.4. The number of carbonyl (C=O) groups is 1. The minimum atomic E-state index is -0.466. The number of benzene rings is 1. The molecule has 2 heterocycles. The Labute approximate surface area is 182 Å². The average Bonchev–Trinajstić information content (AvgIpc) is 3.46. The molecular formula is C22H18Cl2FN3O2. The van der Waals surface area contributed by atoms with Crippen molar-refractivity contribution in [2.75, 3.05) is 0 Å². The van der Waals surface area contributed by atoms with E-state index in [0.29, 0.717) is 39.3 Å². The van der Waals surface area contributed by atoms with E-state index in [1.54, 1.807) is 24.3 Å². The first kappa shape index (κ1) is 19.5. The third-order valence-corrected chi connectivity index (χ3v) is 5.92. The highest BCUT2D eigenvalue weighted by Crippen LogP contribution is 2.41. The van der Waals surface area contributed by atoms with E-state index < -0.39 is 5.82 Å². The lowest BCUT2D eigenvalue weighted by Crippen LogP contribution is -2.30. The molecule has 30 heavy (non-hydrogen) atoms. The molecule has 2 aliphatic rings. The second-order valence-electron chi connectivity index (χ2n) is 7.77. The molecule has 0 aliphatic heterocycles. The largest absolute Gasteiger partial charge is 0.439 e. The van der Waals surface area contributed by atoms with Crippen molar-refractivity contribution >= 4 is 29.1 Å². The number of pyridine rings is 1. The summed E-state index contributed by atoms with van der Waals surface area (Å²) in [5, 5.41) is 3.74. The van der Waals surface area contributed by atoms with Crippen molar-refractivity contribution in [3.8, 4) is 11.5 Å². The van der Waals surface area contributed by atoms with E-state index in [1.807, 2.05) is 0 Å². The number of halogens is 3. The van der Waals surface area contributed by atoms with Gasteiger partial charge in [0.2, 0.25) is 5.89 Å². The summed E-state index contributed by atoms with van der Waals surface area (Å²) in [5.41, 5.74) is 2.29. The van der Waals surface area contributed by atoms with Gasteiger partial charge in [-0.2, -0.15) is 0 Å². The molecule has 1 fully saturated rings. The molecule has 1 amide bonds. The van der Waals surface area contributed by atoms with Crippen LogP contribution in [0.3, 0.4) is 0 Å². The van der Waals surface area contributed by atoms with E-state index in [4.69, 9.17) is 27.6 Å². The number of nitrogens with one attached hydrogen (secondary N) is 1. The van der Waals surface area contributed by atoms with Gasteiger partial charge in [-0.25, -0.2) is 9.37 Å². The Balaban J connectivity index is 1.43. The van der Waals surface area contributed by atoms with Gasteiger partial charge in [0.25, 0.3) is 5.91 Å². The van der Waals surface area contributed by atoms with E-state index in [1.165, 1.54) is 6.20 Å². The van der Waals surface area contributed by atoms with Gasteiger partial charge in [-0.1, -0.05) is 23.2 Å². The van der Waals surface area contributed by atoms with Crippen LogP contribution in [0.15, 0.2) is 34.9 Å². The summed E-state index contributed by atoms with van der Waals surface area (Å²) < 4.78 is 20.4. The Bertz CT molecular complexity index is 1120. The molecule has 1 saturated carbocycles. The third kappa shape index (κ3) is 3.82. The Hall–Kier alpha value is -2.44. The van der Waals surface area contributed by atoms with E-state index in [9.17, 15) is 9.18 Å². The van der Waals surface area contributed by atoms with Crippen LogP contribution in [0.5, 0.6) is 0 Å². The van der Waals surface area contributed by atoms with Gasteiger partial charge in [-0.15, -0.1) is 0 Å². The zero-order valence-corrected chi connectivity index (χ0v) is 17.4. The van der Waals surface area contributed by atoms with Crippen LogP contribution in [-0.2, 0) is 6.42 Å². The summed E-state index contributed by atoms with van der Waals surface area (Å²) >= 11 is 12.0. The topological polar surface area (TPSA) is 68.0 Å². The molecule has 8 heteroatoms. The van der Waals surface area contributed by atoms with Gasteiger partial charge in [0, 0.05) is 27.2 Å². The molecule has 154 valence electrons. The molecule has 0 unspecified atom stereocenters. The summed E-state index contributed by atoms with van der Waals surface area (Å²) in [6.45, 7) is 0. The van der Waals surface area contributed by atoms with Gasteiger partial charge >= 0.3 is 0 Å². The molecule has 5 rings (SSSR count). The van der Waals surface area contributed by atoms with E-state index in [2.05, 4.69) is 15.3 Å². The lowest BCUT2D eigenvalue weighted by Gasteiger charge is -2.21. The van der Waals surface area contributed by atoms with Crippen molar-refractivity contribution in [3.63, 3.8) is 0 Å². The number of amides is 1. The SMILES string of the molecule is O=C(N[C@@H]1CCCc2nc(-c3cc(C4CC4)ncc3F)oc21)c1cc(Cl)cc(Cl)c1. The number of nitrogens with zero attached hydrogens (tertiary/aromatic N) is 2. The fourth-order valence-corrected chi connectivity index (χ4v) is 4.35. The molecule has 0 spiro atoms. The second-order valence-corrected chi connectivity index (χ2v) is 8.64. The number of aromatic nitrogens is 2. The molecule has 1 atom stereocenters. The third-order valence-electron chi connectivity index (χ3n) is 5.48. The molecule has 3 aromatic rings. The molecule has 1 N–H and O–H groups in total. The zero-order valence-electron chi connectivity index (χ0n) is 15.9. The number of fused-ring (bicyclic) bond motifs is 1. The molecule has 2 aromatic heterocycles. The maximum Gasteiger partial charge on any atom is 0.251 e. The highest BCUT2D eigenvalue weighted by atomic mass is 35.5. The number of aryl methyl sites for hydroxylation is 1. The Morgan fingerprint density at radius 1 is 1.13 bits per heavy atom. The molecule has 0 radical (unpaired) electrons. The molecule has 0 saturated heterocycles. The predicted octanol–water partition coefficient (Wildman–Crippen LogP) is 5.87. The maximum atomic E-state index is 14.5. The van der Waals surface area contributed by atoms with Crippen molar-refractivity contribution in [2.24, 2.45) is 0 Å². The number of hydrogen-bond acceptors (Lipinski definition) is 4. The number of hydrogen-bond donors (Lipinski definition) is 1. The van der Waals surface area contributed by atoms with Crippen molar-refractivity contribution < 1.29 is 13.6 Å². The van der Waals surface area contributed by atoms with Gasteiger partial charge in [0.15, 0.2) is 5.82 Å². The van der Waals surface area contributed by atoms with Gasteiger partial charge in [-0.3, -0.25) is 9.78 Å². The van der Waals surface area contributed by atoms with Crippen LogP contribution in [-0.4, -0.2) is 15.9 Å². The summed E-state index contributed by atoms with van der Waals surface area (Å²) in [5.74, 6) is 0.426. The first-order chi connectivity index (χ1) is 14.5. The van der Waals surface area contributed by atoms with Gasteiger partial charge in [-0.05, 0) is 56.4 Å². The van der Waals surface area contributed by atoms with Crippen molar-refractivity contribution in [1.82, 2.24) is 15.3 Å². The van der Waals surface area contributed by atoms with Crippen LogP contribution in [0, 0.1) is 5.82 Å². The fraction of sp³-hybridized carbons (Fsp3) is 0.318. The Morgan fingerprint density at radius 3 is 2.63 bits per heavy atom. The first-order valence-corrected chi connectivity index (χ1v) is 10.7. The van der Waals surface area contributed by atoms with Gasteiger partial charge in [0.1, 0.15) is 5.76 Å². The van der Waals surface area contributed by atoms with E-state index in [0.717, 1.165) is 37.1 Å². The molecule has 0 bridgehead atoms.